The summed E-state index contributed by atoms with van der Waals surface area (Å²) in [5.41, 5.74) is 2.34. The molecule has 1 N–H and O–H groups in total. The summed E-state index contributed by atoms with van der Waals surface area (Å²) in [7, 11) is 0. The second-order valence-electron chi connectivity index (χ2n) is 5.88. The van der Waals surface area contributed by atoms with Gasteiger partial charge in [-0.25, -0.2) is 0 Å². The second kappa shape index (κ2) is 6.31. The van der Waals surface area contributed by atoms with Crippen molar-refractivity contribution >= 4 is 0 Å². The topological polar surface area (TPSA) is 39.1 Å². The minimum Gasteiger partial charge on any atom is -0.454 e. The Bertz CT molecular complexity index is 583. The van der Waals surface area contributed by atoms with Gasteiger partial charge in [0.2, 0.25) is 0 Å². The molecule has 21 heavy (non-hydrogen) atoms. The number of nitrogens with zero attached hydrogens (tertiary/aromatic N) is 2. The lowest BCUT2D eigenvalue weighted by Crippen LogP contribution is -2.30. The molecule has 2 aromatic rings. The third-order valence-corrected chi connectivity index (χ3v) is 4.20. The minimum atomic E-state index is 0.720. The maximum atomic E-state index is 5.94. The van der Waals surface area contributed by atoms with E-state index in [4.69, 9.17) is 4.74 Å². The maximum absolute atomic E-state index is 5.94. The first-order chi connectivity index (χ1) is 10.2. The summed E-state index contributed by atoms with van der Waals surface area (Å²) in [4.78, 5) is 0. The summed E-state index contributed by atoms with van der Waals surface area (Å²) in [5, 5.41) is 7.90. The van der Waals surface area contributed by atoms with Crippen LogP contribution in [0.5, 0.6) is 11.5 Å². The molecule has 1 aliphatic heterocycles. The van der Waals surface area contributed by atoms with Crippen LogP contribution >= 0.6 is 0 Å². The molecular weight excluding hydrogens is 262 g/mol. The summed E-state index contributed by atoms with van der Waals surface area (Å²) in [5.74, 6) is 2.44. The number of nitrogens with one attached hydrogen (secondary N) is 1. The van der Waals surface area contributed by atoms with Crippen LogP contribution in [0.3, 0.4) is 0 Å². The van der Waals surface area contributed by atoms with Crippen LogP contribution in [0.4, 0.5) is 0 Å². The van der Waals surface area contributed by atoms with Gasteiger partial charge in [-0.1, -0.05) is 17.7 Å². The Kier molecular flexibility index (Phi) is 4.25. The molecule has 0 spiro atoms. The largest absolute Gasteiger partial charge is 0.454 e. The van der Waals surface area contributed by atoms with Gasteiger partial charge in [0.1, 0.15) is 5.75 Å². The van der Waals surface area contributed by atoms with Crippen LogP contribution in [0, 0.1) is 19.8 Å². The predicted molar refractivity (Wildman–Crippen MR) is 83.8 cm³/mol. The number of benzene rings is 1. The number of hydrogen-bond acceptors (Lipinski definition) is 3. The van der Waals surface area contributed by atoms with Gasteiger partial charge in [0.15, 0.2) is 5.75 Å². The van der Waals surface area contributed by atoms with Crippen molar-refractivity contribution in [1.82, 2.24) is 15.1 Å². The average Bonchev–Trinajstić information content (AvgIpc) is 2.84. The van der Waals surface area contributed by atoms with Gasteiger partial charge in [0.25, 0.3) is 0 Å². The van der Waals surface area contributed by atoms with Crippen LogP contribution in [0.1, 0.15) is 24.1 Å². The monoisotopic (exact) mass is 285 g/mol. The number of aromatic nitrogens is 2. The molecule has 0 saturated carbocycles. The SMILES string of the molecule is Cc1ccc(Oc2cnn(CC3CCNCC3)c2C)cc1. The van der Waals surface area contributed by atoms with Crippen molar-refractivity contribution in [2.75, 3.05) is 13.1 Å². The van der Waals surface area contributed by atoms with Gasteiger partial charge >= 0.3 is 0 Å². The van der Waals surface area contributed by atoms with E-state index in [2.05, 4.69) is 41.1 Å². The van der Waals surface area contributed by atoms with Gasteiger partial charge in [-0.05, 0) is 57.8 Å². The van der Waals surface area contributed by atoms with E-state index in [1.165, 1.54) is 18.4 Å². The quantitative estimate of drug-likeness (QED) is 0.937. The molecule has 4 nitrogen and oxygen atoms in total. The van der Waals surface area contributed by atoms with Gasteiger partial charge in [0.05, 0.1) is 11.9 Å². The second-order valence-corrected chi connectivity index (χ2v) is 5.88. The number of hydrogen-bond donors (Lipinski definition) is 1. The molecule has 3 rings (SSSR count). The molecule has 4 heteroatoms. The van der Waals surface area contributed by atoms with Crippen molar-refractivity contribution in [3.05, 3.63) is 41.7 Å². The van der Waals surface area contributed by atoms with Crippen molar-refractivity contribution < 1.29 is 4.74 Å². The first kappa shape index (κ1) is 14.1. The van der Waals surface area contributed by atoms with E-state index in [0.717, 1.165) is 42.7 Å². The van der Waals surface area contributed by atoms with Crippen molar-refractivity contribution in [2.45, 2.75) is 33.2 Å². The van der Waals surface area contributed by atoms with Crippen molar-refractivity contribution in [3.63, 3.8) is 0 Å². The van der Waals surface area contributed by atoms with Crippen LogP contribution in [0.2, 0.25) is 0 Å². The number of rotatable bonds is 4. The summed E-state index contributed by atoms with van der Waals surface area (Å²) >= 11 is 0. The van der Waals surface area contributed by atoms with Crippen LogP contribution in [-0.4, -0.2) is 22.9 Å². The van der Waals surface area contributed by atoms with E-state index in [-0.39, 0.29) is 0 Å². The average molecular weight is 285 g/mol. The molecule has 1 aromatic carbocycles. The molecular formula is C17H23N3O. The highest BCUT2D eigenvalue weighted by molar-refractivity contribution is 5.33. The Morgan fingerprint density at radius 3 is 2.62 bits per heavy atom. The molecule has 112 valence electrons. The smallest absolute Gasteiger partial charge is 0.168 e. The molecule has 1 fully saturated rings. The van der Waals surface area contributed by atoms with E-state index in [9.17, 15) is 0 Å². The lowest BCUT2D eigenvalue weighted by molar-refractivity contribution is 0.318. The van der Waals surface area contributed by atoms with Crippen LogP contribution in [-0.2, 0) is 6.54 Å². The highest BCUT2D eigenvalue weighted by Gasteiger charge is 2.16. The summed E-state index contributed by atoms with van der Waals surface area (Å²) in [6, 6.07) is 8.12. The Labute approximate surface area is 126 Å². The highest BCUT2D eigenvalue weighted by Crippen LogP contribution is 2.26. The third kappa shape index (κ3) is 3.45. The number of ether oxygens (including phenoxy) is 1. The zero-order chi connectivity index (χ0) is 14.7. The third-order valence-electron chi connectivity index (χ3n) is 4.20. The molecule has 1 aliphatic rings. The summed E-state index contributed by atoms with van der Waals surface area (Å²) in [6.45, 7) is 7.39. The lowest BCUT2D eigenvalue weighted by atomic mass is 9.98. The van der Waals surface area contributed by atoms with Crippen molar-refractivity contribution in [3.8, 4) is 11.5 Å². The van der Waals surface area contributed by atoms with E-state index < -0.39 is 0 Å². The van der Waals surface area contributed by atoms with Gasteiger partial charge < -0.3 is 10.1 Å². The van der Waals surface area contributed by atoms with Crippen molar-refractivity contribution in [2.24, 2.45) is 5.92 Å². The lowest BCUT2D eigenvalue weighted by Gasteiger charge is -2.22. The van der Waals surface area contributed by atoms with Gasteiger partial charge in [-0.3, -0.25) is 4.68 Å². The molecule has 0 unspecified atom stereocenters. The molecule has 1 aromatic heterocycles. The first-order valence-corrected chi connectivity index (χ1v) is 7.70. The van der Waals surface area contributed by atoms with E-state index in [0.29, 0.717) is 0 Å². The highest BCUT2D eigenvalue weighted by atomic mass is 16.5. The molecule has 0 bridgehead atoms. The summed E-state index contributed by atoms with van der Waals surface area (Å²) < 4.78 is 8.02. The van der Waals surface area contributed by atoms with E-state index >= 15 is 0 Å². The maximum Gasteiger partial charge on any atom is 0.168 e. The fourth-order valence-electron chi connectivity index (χ4n) is 2.76. The predicted octanol–water partition coefficient (Wildman–Crippen LogP) is 3.29. The Morgan fingerprint density at radius 1 is 1.19 bits per heavy atom. The molecule has 0 aliphatic carbocycles. The fourth-order valence-corrected chi connectivity index (χ4v) is 2.76. The molecule has 1 saturated heterocycles. The molecule has 0 atom stereocenters. The van der Waals surface area contributed by atoms with Crippen LogP contribution in [0.25, 0.3) is 0 Å². The van der Waals surface area contributed by atoms with Gasteiger partial charge in [0, 0.05) is 6.54 Å². The molecule has 0 radical (unpaired) electrons. The van der Waals surface area contributed by atoms with Crippen LogP contribution < -0.4 is 10.1 Å². The minimum absolute atomic E-state index is 0.720. The summed E-state index contributed by atoms with van der Waals surface area (Å²) in [6.07, 6.45) is 4.29. The van der Waals surface area contributed by atoms with Crippen LogP contribution in [0.15, 0.2) is 30.5 Å². The number of aryl methyl sites for hydroxylation is 1. The zero-order valence-electron chi connectivity index (χ0n) is 12.8. The molecule has 2 heterocycles. The zero-order valence-corrected chi connectivity index (χ0v) is 12.8. The normalized spacial score (nSPS) is 16.1. The fraction of sp³-hybridized carbons (Fsp3) is 0.471. The standard InChI is InChI=1S/C17H23N3O/c1-13-3-5-16(6-4-13)21-17-11-19-20(14(17)2)12-15-7-9-18-10-8-15/h3-6,11,15,18H,7-10,12H2,1-2H3. The Morgan fingerprint density at radius 2 is 1.90 bits per heavy atom. The van der Waals surface area contributed by atoms with Gasteiger partial charge in [-0.2, -0.15) is 5.10 Å². The van der Waals surface area contributed by atoms with E-state index in [1.807, 2.05) is 18.3 Å². The number of piperidine rings is 1. The Hall–Kier alpha value is -1.81. The van der Waals surface area contributed by atoms with Gasteiger partial charge in [-0.15, -0.1) is 0 Å². The first-order valence-electron chi connectivity index (χ1n) is 7.70. The Balaban J connectivity index is 1.68. The van der Waals surface area contributed by atoms with Crippen molar-refractivity contribution in [1.29, 1.82) is 0 Å². The van der Waals surface area contributed by atoms with E-state index in [1.54, 1.807) is 0 Å². The molecule has 0 amide bonds.